The fraction of sp³-hybridized carbons (Fsp3) is 0.370. The van der Waals surface area contributed by atoms with Crippen LogP contribution in [0.3, 0.4) is 0 Å². The number of ether oxygens (including phenoxy) is 1. The third-order valence-electron chi connectivity index (χ3n) is 6.12. The Kier molecular flexibility index (Phi) is 7.75. The van der Waals surface area contributed by atoms with Gasteiger partial charge in [0, 0.05) is 45.7 Å². The number of hydrogen-bond donors (Lipinski definition) is 1. The number of hydrogen-bond acceptors (Lipinski definition) is 6. The summed E-state index contributed by atoms with van der Waals surface area (Å²) in [6.07, 6.45) is 3.27. The van der Waals surface area contributed by atoms with E-state index in [1.54, 1.807) is 6.20 Å². The molecule has 0 spiro atoms. The van der Waals surface area contributed by atoms with Crippen LogP contribution in [0.25, 0.3) is 0 Å². The molecule has 0 bridgehead atoms. The van der Waals surface area contributed by atoms with Gasteiger partial charge in [-0.2, -0.15) is 0 Å². The Balaban J connectivity index is 1.46. The van der Waals surface area contributed by atoms with Gasteiger partial charge < -0.3 is 19.9 Å². The Bertz CT molecular complexity index is 1090. The van der Waals surface area contributed by atoms with E-state index in [4.69, 9.17) is 4.74 Å². The van der Waals surface area contributed by atoms with E-state index in [1.807, 2.05) is 73.3 Å². The first-order valence-electron chi connectivity index (χ1n) is 11.9. The minimum Gasteiger partial charge on any atom is -0.486 e. The summed E-state index contributed by atoms with van der Waals surface area (Å²) in [5, 5.41) is 3.20. The molecule has 0 saturated carbocycles. The molecular weight excluding hydrogens is 426 g/mol. The Morgan fingerprint density at radius 1 is 1.09 bits per heavy atom. The highest BCUT2D eigenvalue weighted by molar-refractivity contribution is 5.99. The van der Waals surface area contributed by atoms with Crippen molar-refractivity contribution >= 4 is 11.7 Å². The standard InChI is InChI=1S/C27H33N5O2/c1-4-25-29-18-23-26(30-25)31(3)16-17-32(27(23)33)19-20-10-12-22(13-11-20)34-24(14-15-28-2)21-8-6-5-7-9-21/h5-13,18,24,28H,4,14-17,19H2,1-3H3. The van der Waals surface area contributed by atoms with Crippen molar-refractivity contribution in [2.45, 2.75) is 32.4 Å². The van der Waals surface area contributed by atoms with Crippen LogP contribution in [-0.4, -0.2) is 54.5 Å². The van der Waals surface area contributed by atoms with Crippen molar-refractivity contribution in [3.05, 3.63) is 83.3 Å². The minimum absolute atomic E-state index is 0.0215. The van der Waals surface area contributed by atoms with Gasteiger partial charge in [0.15, 0.2) is 0 Å². The third kappa shape index (κ3) is 5.54. The van der Waals surface area contributed by atoms with Gasteiger partial charge in [-0.1, -0.05) is 49.4 Å². The Morgan fingerprint density at radius 3 is 2.56 bits per heavy atom. The van der Waals surface area contributed by atoms with Crippen molar-refractivity contribution in [3.63, 3.8) is 0 Å². The predicted octanol–water partition coefficient (Wildman–Crippen LogP) is 3.86. The zero-order valence-corrected chi connectivity index (χ0v) is 20.2. The maximum atomic E-state index is 13.2. The number of carbonyl (C=O) groups excluding carboxylic acids is 1. The summed E-state index contributed by atoms with van der Waals surface area (Å²) >= 11 is 0. The molecule has 1 aromatic heterocycles. The molecule has 0 aliphatic carbocycles. The number of benzene rings is 2. The molecule has 1 N–H and O–H groups in total. The molecular formula is C27H33N5O2. The number of fused-ring (bicyclic) bond motifs is 1. The number of amides is 1. The summed E-state index contributed by atoms with van der Waals surface area (Å²) in [5.74, 6) is 2.27. The van der Waals surface area contributed by atoms with Crippen molar-refractivity contribution in [1.82, 2.24) is 20.2 Å². The summed E-state index contributed by atoms with van der Waals surface area (Å²) in [6, 6.07) is 18.3. The summed E-state index contributed by atoms with van der Waals surface area (Å²) in [7, 11) is 3.93. The van der Waals surface area contributed by atoms with Crippen molar-refractivity contribution in [1.29, 1.82) is 0 Å². The van der Waals surface area contributed by atoms with Gasteiger partial charge in [-0.05, 0) is 36.9 Å². The van der Waals surface area contributed by atoms with Crippen LogP contribution in [-0.2, 0) is 13.0 Å². The monoisotopic (exact) mass is 459 g/mol. The average Bonchev–Trinajstić information content (AvgIpc) is 2.99. The Hall–Kier alpha value is -3.45. The molecule has 7 heteroatoms. The number of aryl methyl sites for hydroxylation is 1. The van der Waals surface area contributed by atoms with Crippen LogP contribution in [0, 0.1) is 0 Å². The summed E-state index contributed by atoms with van der Waals surface area (Å²) in [4.78, 5) is 26.1. The number of anilines is 1. The maximum Gasteiger partial charge on any atom is 0.259 e. The van der Waals surface area contributed by atoms with E-state index in [9.17, 15) is 4.79 Å². The first-order chi connectivity index (χ1) is 16.6. The fourth-order valence-corrected chi connectivity index (χ4v) is 4.11. The summed E-state index contributed by atoms with van der Waals surface area (Å²) in [6.45, 7) is 4.77. The number of nitrogens with zero attached hydrogens (tertiary/aromatic N) is 4. The molecule has 1 atom stereocenters. The van der Waals surface area contributed by atoms with E-state index in [0.717, 1.165) is 54.4 Å². The number of aromatic nitrogens is 2. The largest absolute Gasteiger partial charge is 0.486 e. The van der Waals surface area contributed by atoms with E-state index in [-0.39, 0.29) is 12.0 Å². The quantitative estimate of drug-likeness (QED) is 0.524. The predicted molar refractivity (Wildman–Crippen MR) is 134 cm³/mol. The molecule has 178 valence electrons. The van der Waals surface area contributed by atoms with Gasteiger partial charge in [-0.15, -0.1) is 0 Å². The third-order valence-corrected chi connectivity index (χ3v) is 6.12. The van der Waals surface area contributed by atoms with Gasteiger partial charge in [0.25, 0.3) is 5.91 Å². The van der Waals surface area contributed by atoms with Crippen LogP contribution >= 0.6 is 0 Å². The molecule has 34 heavy (non-hydrogen) atoms. The molecule has 1 aliphatic heterocycles. The van der Waals surface area contributed by atoms with Crippen molar-refractivity contribution in [3.8, 4) is 5.75 Å². The lowest BCUT2D eigenvalue weighted by atomic mass is 10.1. The lowest BCUT2D eigenvalue weighted by Gasteiger charge is -2.22. The van der Waals surface area contributed by atoms with E-state index in [1.165, 1.54) is 0 Å². The van der Waals surface area contributed by atoms with Crippen molar-refractivity contribution < 1.29 is 9.53 Å². The van der Waals surface area contributed by atoms with E-state index in [0.29, 0.717) is 18.7 Å². The number of nitrogens with one attached hydrogen (secondary N) is 1. The topological polar surface area (TPSA) is 70.6 Å². The van der Waals surface area contributed by atoms with Crippen LogP contribution in [0.4, 0.5) is 5.82 Å². The summed E-state index contributed by atoms with van der Waals surface area (Å²) in [5.41, 5.74) is 2.78. The molecule has 4 rings (SSSR count). The first-order valence-corrected chi connectivity index (χ1v) is 11.9. The molecule has 2 heterocycles. The zero-order valence-electron chi connectivity index (χ0n) is 20.2. The van der Waals surface area contributed by atoms with Gasteiger partial charge in [-0.3, -0.25) is 4.79 Å². The zero-order chi connectivity index (χ0) is 23.9. The summed E-state index contributed by atoms with van der Waals surface area (Å²) < 4.78 is 6.33. The van der Waals surface area contributed by atoms with Crippen molar-refractivity contribution in [2.75, 3.05) is 38.6 Å². The molecule has 1 amide bonds. The van der Waals surface area contributed by atoms with E-state index < -0.39 is 0 Å². The van der Waals surface area contributed by atoms with Crippen LogP contribution in [0.2, 0.25) is 0 Å². The minimum atomic E-state index is -0.0291. The van der Waals surface area contributed by atoms with Gasteiger partial charge in [-0.25, -0.2) is 9.97 Å². The molecule has 1 unspecified atom stereocenters. The van der Waals surface area contributed by atoms with Crippen molar-refractivity contribution in [2.24, 2.45) is 0 Å². The number of rotatable bonds is 9. The van der Waals surface area contributed by atoms with Gasteiger partial charge in [0.2, 0.25) is 0 Å². The molecule has 0 fully saturated rings. The van der Waals surface area contributed by atoms with Gasteiger partial charge in [0.1, 0.15) is 29.1 Å². The molecule has 0 saturated heterocycles. The van der Waals surface area contributed by atoms with E-state index in [2.05, 4.69) is 27.4 Å². The Morgan fingerprint density at radius 2 is 1.85 bits per heavy atom. The van der Waals surface area contributed by atoms with Crippen LogP contribution < -0.4 is 15.0 Å². The first kappa shape index (κ1) is 23.7. The van der Waals surface area contributed by atoms with Crippen LogP contribution in [0.15, 0.2) is 60.8 Å². The SMILES string of the molecule is CCc1ncc2c(n1)N(C)CCN(Cc1ccc(OC(CCNC)c3ccccc3)cc1)C2=O. The van der Waals surface area contributed by atoms with Gasteiger partial charge in [0.05, 0.1) is 0 Å². The number of likely N-dealkylation sites (N-methyl/N-ethyl adjacent to an activating group) is 1. The molecule has 7 nitrogen and oxygen atoms in total. The second-order valence-electron chi connectivity index (χ2n) is 8.58. The molecule has 1 aliphatic rings. The smallest absolute Gasteiger partial charge is 0.259 e. The second-order valence-corrected chi connectivity index (χ2v) is 8.58. The van der Waals surface area contributed by atoms with Gasteiger partial charge >= 0.3 is 0 Å². The lowest BCUT2D eigenvalue weighted by Crippen LogP contribution is -2.33. The van der Waals surface area contributed by atoms with E-state index >= 15 is 0 Å². The van der Waals surface area contributed by atoms with Crippen LogP contribution in [0.5, 0.6) is 5.75 Å². The lowest BCUT2D eigenvalue weighted by molar-refractivity contribution is 0.0754. The average molecular weight is 460 g/mol. The van der Waals surface area contributed by atoms with Crippen LogP contribution in [0.1, 0.15) is 46.8 Å². The molecule has 2 aromatic carbocycles. The second kappa shape index (κ2) is 11.1. The Labute approximate surface area is 201 Å². The highest BCUT2D eigenvalue weighted by Gasteiger charge is 2.27. The highest BCUT2D eigenvalue weighted by atomic mass is 16.5. The highest BCUT2D eigenvalue weighted by Crippen LogP contribution is 2.26. The molecule has 0 radical (unpaired) electrons. The normalized spacial score (nSPS) is 14.5. The fourth-order valence-electron chi connectivity index (χ4n) is 4.11. The molecule has 3 aromatic rings. The maximum absolute atomic E-state index is 13.2. The number of carbonyl (C=O) groups is 1.